The molecule has 1 saturated heterocycles. The van der Waals surface area contributed by atoms with Crippen LogP contribution in [0.2, 0.25) is 0 Å². The molecule has 1 unspecified atom stereocenters. The molecule has 2 aromatic rings. The summed E-state index contributed by atoms with van der Waals surface area (Å²) in [5.74, 6) is 0.533. The number of anilines is 2. The number of ether oxygens (including phenoxy) is 1. The number of nitrogens with one attached hydrogen (secondary N) is 1. The van der Waals surface area contributed by atoms with Crippen LogP contribution in [0.4, 0.5) is 11.4 Å². The maximum atomic E-state index is 12.6. The molecule has 2 amide bonds. The number of nitrogens with zero attached hydrogens (tertiary/aromatic N) is 1. The van der Waals surface area contributed by atoms with Crippen LogP contribution in [0.1, 0.15) is 18.4 Å². The molecule has 0 bridgehead atoms. The predicted molar refractivity (Wildman–Crippen MR) is 93.3 cm³/mol. The third-order valence-corrected chi connectivity index (χ3v) is 4.18. The molecule has 1 fully saturated rings. The van der Waals surface area contributed by atoms with E-state index in [1.165, 1.54) is 0 Å². The van der Waals surface area contributed by atoms with Gasteiger partial charge in [-0.05, 0) is 49.7 Å². The zero-order valence-electron chi connectivity index (χ0n) is 13.8. The van der Waals surface area contributed by atoms with Crippen LogP contribution in [0.15, 0.2) is 48.5 Å². The first-order valence-corrected chi connectivity index (χ1v) is 7.92. The maximum Gasteiger partial charge on any atom is 0.247 e. The van der Waals surface area contributed by atoms with Gasteiger partial charge in [0, 0.05) is 17.8 Å². The van der Waals surface area contributed by atoms with E-state index in [4.69, 9.17) is 4.74 Å². The topological polar surface area (TPSA) is 58.6 Å². The first kappa shape index (κ1) is 16.1. The smallest absolute Gasteiger partial charge is 0.247 e. The summed E-state index contributed by atoms with van der Waals surface area (Å²) in [6.45, 7) is 1.99. The van der Waals surface area contributed by atoms with Gasteiger partial charge in [0.25, 0.3) is 0 Å². The lowest BCUT2D eigenvalue weighted by Crippen LogP contribution is -2.41. The monoisotopic (exact) mass is 324 g/mol. The van der Waals surface area contributed by atoms with Gasteiger partial charge in [-0.3, -0.25) is 14.5 Å². The van der Waals surface area contributed by atoms with E-state index in [1.54, 1.807) is 36.3 Å². The quantitative estimate of drug-likeness (QED) is 0.940. The Kier molecular flexibility index (Phi) is 4.51. The van der Waals surface area contributed by atoms with Crippen LogP contribution in [0, 0.1) is 6.92 Å². The molecule has 0 aliphatic carbocycles. The Bertz CT molecular complexity index is 738. The molecule has 1 heterocycles. The highest BCUT2D eigenvalue weighted by Crippen LogP contribution is 2.28. The maximum absolute atomic E-state index is 12.6. The highest BCUT2D eigenvalue weighted by atomic mass is 16.5. The van der Waals surface area contributed by atoms with Crippen molar-refractivity contribution >= 4 is 23.2 Å². The van der Waals surface area contributed by atoms with Crippen molar-refractivity contribution in [3.8, 4) is 5.75 Å². The third-order valence-electron chi connectivity index (χ3n) is 4.18. The number of methoxy groups -OCH3 is 1. The van der Waals surface area contributed by atoms with Crippen LogP contribution < -0.4 is 15.0 Å². The average Bonchev–Trinajstić information content (AvgIpc) is 2.98. The molecular formula is C19H20N2O3. The van der Waals surface area contributed by atoms with Crippen molar-refractivity contribution < 1.29 is 14.3 Å². The SMILES string of the molecule is COc1ccc(NC(=O)C2CCC(=O)N2c2ccc(C)cc2)cc1. The molecule has 2 aromatic carbocycles. The summed E-state index contributed by atoms with van der Waals surface area (Å²) in [5, 5.41) is 2.88. The Morgan fingerprint density at radius 2 is 1.79 bits per heavy atom. The lowest BCUT2D eigenvalue weighted by Gasteiger charge is -2.24. The number of benzene rings is 2. The van der Waals surface area contributed by atoms with Gasteiger partial charge >= 0.3 is 0 Å². The molecule has 124 valence electrons. The van der Waals surface area contributed by atoms with Crippen molar-refractivity contribution in [2.75, 3.05) is 17.3 Å². The van der Waals surface area contributed by atoms with Gasteiger partial charge in [0.15, 0.2) is 0 Å². The molecule has 1 N–H and O–H groups in total. The van der Waals surface area contributed by atoms with Gasteiger partial charge in [0.1, 0.15) is 11.8 Å². The molecule has 1 atom stereocenters. The van der Waals surface area contributed by atoms with E-state index in [0.717, 1.165) is 17.0 Å². The normalized spacial score (nSPS) is 17.0. The molecule has 0 spiro atoms. The summed E-state index contributed by atoms with van der Waals surface area (Å²) in [6.07, 6.45) is 0.906. The summed E-state index contributed by atoms with van der Waals surface area (Å²) in [5.41, 5.74) is 2.56. The third kappa shape index (κ3) is 3.25. The van der Waals surface area contributed by atoms with E-state index in [-0.39, 0.29) is 11.8 Å². The van der Waals surface area contributed by atoms with Crippen LogP contribution in [0.5, 0.6) is 5.75 Å². The minimum Gasteiger partial charge on any atom is -0.497 e. The Morgan fingerprint density at radius 3 is 2.42 bits per heavy atom. The van der Waals surface area contributed by atoms with Crippen molar-refractivity contribution in [1.82, 2.24) is 0 Å². The molecule has 0 radical (unpaired) electrons. The van der Waals surface area contributed by atoms with E-state index in [0.29, 0.717) is 18.5 Å². The first-order chi connectivity index (χ1) is 11.6. The number of rotatable bonds is 4. The van der Waals surface area contributed by atoms with Crippen LogP contribution >= 0.6 is 0 Å². The lowest BCUT2D eigenvalue weighted by molar-refractivity contribution is -0.120. The first-order valence-electron chi connectivity index (χ1n) is 7.92. The van der Waals surface area contributed by atoms with E-state index >= 15 is 0 Å². The van der Waals surface area contributed by atoms with Gasteiger partial charge in [-0.1, -0.05) is 17.7 Å². The second-order valence-electron chi connectivity index (χ2n) is 5.87. The van der Waals surface area contributed by atoms with Crippen molar-refractivity contribution in [2.24, 2.45) is 0 Å². The van der Waals surface area contributed by atoms with Crippen molar-refractivity contribution in [2.45, 2.75) is 25.8 Å². The number of carbonyl (C=O) groups is 2. The molecule has 1 aliphatic rings. The molecule has 0 saturated carbocycles. The highest BCUT2D eigenvalue weighted by molar-refractivity contribution is 6.07. The fourth-order valence-corrected chi connectivity index (χ4v) is 2.86. The Balaban J connectivity index is 1.77. The fourth-order valence-electron chi connectivity index (χ4n) is 2.86. The number of hydrogen-bond donors (Lipinski definition) is 1. The van der Waals surface area contributed by atoms with Crippen LogP contribution in [0.3, 0.4) is 0 Å². The van der Waals surface area contributed by atoms with E-state index in [2.05, 4.69) is 5.32 Å². The fraction of sp³-hybridized carbons (Fsp3) is 0.263. The number of amides is 2. The minimum absolute atomic E-state index is 0.0197. The lowest BCUT2D eigenvalue weighted by atomic mass is 10.1. The second-order valence-corrected chi connectivity index (χ2v) is 5.87. The predicted octanol–water partition coefficient (Wildman–Crippen LogP) is 3.14. The van der Waals surface area contributed by atoms with Gasteiger partial charge in [-0.15, -0.1) is 0 Å². The minimum atomic E-state index is -0.484. The Labute approximate surface area is 141 Å². The Hall–Kier alpha value is -2.82. The molecule has 24 heavy (non-hydrogen) atoms. The van der Waals surface area contributed by atoms with Crippen molar-refractivity contribution in [3.63, 3.8) is 0 Å². The number of aryl methyl sites for hydroxylation is 1. The summed E-state index contributed by atoms with van der Waals surface area (Å²) in [7, 11) is 1.59. The summed E-state index contributed by atoms with van der Waals surface area (Å²) in [4.78, 5) is 26.5. The summed E-state index contributed by atoms with van der Waals surface area (Å²) in [6, 6.07) is 14.3. The van der Waals surface area contributed by atoms with Crippen LogP contribution in [-0.2, 0) is 9.59 Å². The average molecular weight is 324 g/mol. The molecule has 0 aromatic heterocycles. The highest BCUT2D eigenvalue weighted by Gasteiger charge is 2.37. The zero-order valence-corrected chi connectivity index (χ0v) is 13.8. The standard InChI is InChI=1S/C19H20N2O3/c1-13-3-7-15(8-4-13)21-17(11-12-18(21)22)19(23)20-14-5-9-16(24-2)10-6-14/h3-10,17H,11-12H2,1-2H3,(H,20,23). The Morgan fingerprint density at radius 1 is 1.12 bits per heavy atom. The van der Waals surface area contributed by atoms with Crippen LogP contribution in [-0.4, -0.2) is 25.0 Å². The zero-order chi connectivity index (χ0) is 17.1. The van der Waals surface area contributed by atoms with Crippen molar-refractivity contribution in [3.05, 3.63) is 54.1 Å². The van der Waals surface area contributed by atoms with Gasteiger partial charge < -0.3 is 10.1 Å². The largest absolute Gasteiger partial charge is 0.497 e. The molecule has 5 heteroatoms. The molecular weight excluding hydrogens is 304 g/mol. The number of carbonyl (C=O) groups excluding carboxylic acids is 2. The van der Waals surface area contributed by atoms with Crippen molar-refractivity contribution in [1.29, 1.82) is 0 Å². The van der Waals surface area contributed by atoms with Gasteiger partial charge in [0.2, 0.25) is 11.8 Å². The second kappa shape index (κ2) is 6.74. The van der Waals surface area contributed by atoms with E-state index < -0.39 is 6.04 Å². The number of hydrogen-bond acceptors (Lipinski definition) is 3. The van der Waals surface area contributed by atoms with Gasteiger partial charge in [-0.25, -0.2) is 0 Å². The van der Waals surface area contributed by atoms with E-state index in [1.807, 2.05) is 31.2 Å². The molecule has 1 aliphatic heterocycles. The molecule has 3 rings (SSSR count). The molecule has 5 nitrogen and oxygen atoms in total. The van der Waals surface area contributed by atoms with Crippen LogP contribution in [0.25, 0.3) is 0 Å². The van der Waals surface area contributed by atoms with Gasteiger partial charge in [0.05, 0.1) is 7.11 Å². The summed E-state index contributed by atoms with van der Waals surface area (Å²) < 4.78 is 5.11. The van der Waals surface area contributed by atoms with Gasteiger partial charge in [-0.2, -0.15) is 0 Å². The summed E-state index contributed by atoms with van der Waals surface area (Å²) >= 11 is 0. The van der Waals surface area contributed by atoms with E-state index in [9.17, 15) is 9.59 Å².